The molecular weight excluding hydrogens is 432 g/mol. The van der Waals surface area contributed by atoms with E-state index in [1.54, 1.807) is 0 Å². The minimum Gasteiger partial charge on any atom is -0.486 e. The maximum Gasteiger partial charge on any atom is 0.202 e. The number of Topliss-reactive ketones (excluding diaryl/α,β-unsaturated/α-hetero) is 1. The monoisotopic (exact) mass is 458 g/mol. The average molecular weight is 459 g/mol. The van der Waals surface area contributed by atoms with E-state index in [0.29, 0.717) is 54.8 Å². The molecule has 0 saturated heterocycles. The number of aromatic nitrogens is 2. The summed E-state index contributed by atoms with van der Waals surface area (Å²) in [6.45, 7) is 3.16. The van der Waals surface area contributed by atoms with Crippen molar-refractivity contribution in [3.05, 3.63) is 64.7 Å². The van der Waals surface area contributed by atoms with Crippen LogP contribution in [0.3, 0.4) is 0 Å². The van der Waals surface area contributed by atoms with Gasteiger partial charge in [0, 0.05) is 45.2 Å². The number of fused-ring (bicyclic) bond motifs is 2. The Hall–Kier alpha value is -3.67. The lowest BCUT2D eigenvalue weighted by Crippen LogP contribution is -2.33. The number of β-amino-alcohol motifs (C(OH)–C–C–N with tert-alkyl or cyclic N) is 1. The number of aliphatic hydroxyl groups is 1. The molecule has 34 heavy (non-hydrogen) atoms. The van der Waals surface area contributed by atoms with Crippen LogP contribution in [-0.2, 0) is 26.4 Å². The van der Waals surface area contributed by atoms with Crippen LogP contribution in [0.15, 0.2) is 36.4 Å². The fraction of sp³-hybridized carbons (Fsp3) is 0.346. The molecule has 0 fully saturated rings. The van der Waals surface area contributed by atoms with Gasteiger partial charge in [-0.2, -0.15) is 5.26 Å². The SMILES string of the molecule is Cn1c(C(=O)Cc2cccc(-c3ccc4c(c3)OCCO4)c2C#N)nc2c1CCN(CCO)C2. The Morgan fingerprint density at radius 1 is 1.21 bits per heavy atom. The predicted molar refractivity (Wildman–Crippen MR) is 125 cm³/mol. The smallest absolute Gasteiger partial charge is 0.202 e. The first-order valence-electron chi connectivity index (χ1n) is 11.4. The van der Waals surface area contributed by atoms with Crippen molar-refractivity contribution in [3.8, 4) is 28.7 Å². The molecule has 3 heterocycles. The van der Waals surface area contributed by atoms with Gasteiger partial charge in [0.2, 0.25) is 5.78 Å². The minimum absolute atomic E-state index is 0.0887. The van der Waals surface area contributed by atoms with Gasteiger partial charge in [-0.15, -0.1) is 0 Å². The predicted octanol–water partition coefficient (Wildman–Crippen LogP) is 2.51. The van der Waals surface area contributed by atoms with Gasteiger partial charge in [-0.25, -0.2) is 4.98 Å². The van der Waals surface area contributed by atoms with Crippen molar-refractivity contribution in [2.45, 2.75) is 19.4 Å². The van der Waals surface area contributed by atoms with Gasteiger partial charge in [0.15, 0.2) is 17.3 Å². The number of carbonyl (C=O) groups excluding carboxylic acids is 1. The first-order chi connectivity index (χ1) is 16.6. The topological polar surface area (TPSA) is 101 Å². The Morgan fingerprint density at radius 3 is 2.82 bits per heavy atom. The van der Waals surface area contributed by atoms with Crippen LogP contribution in [0.1, 0.15) is 33.1 Å². The van der Waals surface area contributed by atoms with E-state index < -0.39 is 0 Å². The van der Waals surface area contributed by atoms with E-state index >= 15 is 0 Å². The van der Waals surface area contributed by atoms with Crippen molar-refractivity contribution in [1.29, 1.82) is 5.26 Å². The molecule has 1 N–H and O–H groups in total. The summed E-state index contributed by atoms with van der Waals surface area (Å²) in [6, 6.07) is 13.5. The highest BCUT2D eigenvalue weighted by molar-refractivity contribution is 5.95. The summed E-state index contributed by atoms with van der Waals surface area (Å²) in [4.78, 5) is 20.1. The molecule has 0 aliphatic carbocycles. The highest BCUT2D eigenvalue weighted by atomic mass is 16.6. The average Bonchev–Trinajstić information content (AvgIpc) is 3.19. The van der Waals surface area contributed by atoms with Crippen molar-refractivity contribution in [1.82, 2.24) is 14.5 Å². The van der Waals surface area contributed by atoms with Crippen molar-refractivity contribution in [3.63, 3.8) is 0 Å². The highest BCUT2D eigenvalue weighted by Crippen LogP contribution is 2.36. The standard InChI is InChI=1S/C26H26N4O4/c1-29-22-7-8-30(9-10-31)16-21(22)28-26(29)23(32)13-17-3-2-4-19(20(17)15-27)18-5-6-24-25(14-18)34-12-11-33-24/h2-6,14,31H,7-13,16H2,1H3. The molecule has 2 aliphatic heterocycles. The summed E-state index contributed by atoms with van der Waals surface area (Å²) in [5.41, 5.74) is 4.68. The molecule has 3 aromatic rings. The van der Waals surface area contributed by atoms with Gasteiger partial charge in [-0.05, 0) is 28.8 Å². The Bertz CT molecular complexity index is 1290. The van der Waals surface area contributed by atoms with E-state index in [-0.39, 0.29) is 18.8 Å². The third-order valence-corrected chi connectivity index (χ3v) is 6.47. The van der Waals surface area contributed by atoms with E-state index in [0.717, 1.165) is 35.5 Å². The van der Waals surface area contributed by atoms with Gasteiger partial charge in [0.05, 0.1) is 17.9 Å². The molecule has 1 aromatic heterocycles. The highest BCUT2D eigenvalue weighted by Gasteiger charge is 2.26. The van der Waals surface area contributed by atoms with Crippen LogP contribution in [0.5, 0.6) is 11.5 Å². The first-order valence-corrected chi connectivity index (χ1v) is 11.4. The van der Waals surface area contributed by atoms with Crippen LogP contribution >= 0.6 is 0 Å². The van der Waals surface area contributed by atoms with E-state index in [4.69, 9.17) is 9.47 Å². The number of ether oxygens (including phenoxy) is 2. The van der Waals surface area contributed by atoms with Crippen molar-refractivity contribution in [2.75, 3.05) is 32.9 Å². The Kier molecular flexibility index (Phi) is 6.05. The molecule has 0 atom stereocenters. The second kappa shape index (κ2) is 9.29. The first kappa shape index (κ1) is 22.1. The number of nitrogens with zero attached hydrogens (tertiary/aromatic N) is 4. The number of ketones is 1. The summed E-state index contributed by atoms with van der Waals surface area (Å²) in [5, 5.41) is 19.2. The number of rotatable bonds is 6. The Morgan fingerprint density at radius 2 is 2.03 bits per heavy atom. The van der Waals surface area contributed by atoms with Gasteiger partial charge in [-0.3, -0.25) is 9.69 Å². The summed E-state index contributed by atoms with van der Waals surface area (Å²) >= 11 is 0. The third kappa shape index (κ3) is 4.04. The number of hydrogen-bond donors (Lipinski definition) is 1. The largest absolute Gasteiger partial charge is 0.486 e. The third-order valence-electron chi connectivity index (χ3n) is 6.47. The quantitative estimate of drug-likeness (QED) is 0.567. The molecule has 0 unspecified atom stereocenters. The van der Waals surface area contributed by atoms with E-state index in [1.165, 1.54) is 0 Å². The van der Waals surface area contributed by atoms with E-state index in [2.05, 4.69) is 16.0 Å². The maximum atomic E-state index is 13.3. The molecule has 8 nitrogen and oxygen atoms in total. The van der Waals surface area contributed by atoms with Gasteiger partial charge < -0.3 is 19.1 Å². The molecule has 8 heteroatoms. The molecule has 2 aliphatic rings. The lowest BCUT2D eigenvalue weighted by Gasteiger charge is -2.25. The van der Waals surface area contributed by atoms with E-state index in [1.807, 2.05) is 48.0 Å². The van der Waals surface area contributed by atoms with Crippen molar-refractivity contribution < 1.29 is 19.4 Å². The second-order valence-corrected chi connectivity index (χ2v) is 8.55. The minimum atomic E-state index is -0.124. The van der Waals surface area contributed by atoms with Crippen LogP contribution in [0.4, 0.5) is 0 Å². The normalized spacial score (nSPS) is 15.0. The zero-order valence-corrected chi connectivity index (χ0v) is 19.1. The number of benzene rings is 2. The molecule has 0 amide bonds. The number of hydrogen-bond acceptors (Lipinski definition) is 7. The van der Waals surface area contributed by atoms with Crippen molar-refractivity contribution >= 4 is 5.78 Å². The number of aliphatic hydroxyl groups excluding tert-OH is 1. The van der Waals surface area contributed by atoms with E-state index in [9.17, 15) is 15.2 Å². The fourth-order valence-electron chi connectivity index (χ4n) is 4.75. The Labute approximate surface area is 198 Å². The zero-order chi connectivity index (χ0) is 23.7. The van der Waals surface area contributed by atoms with Crippen LogP contribution < -0.4 is 9.47 Å². The van der Waals surface area contributed by atoms with Gasteiger partial charge in [-0.1, -0.05) is 24.3 Å². The van der Waals surface area contributed by atoms with Gasteiger partial charge in [0.25, 0.3) is 0 Å². The second-order valence-electron chi connectivity index (χ2n) is 8.55. The van der Waals surface area contributed by atoms with Crippen LogP contribution in [0.2, 0.25) is 0 Å². The summed E-state index contributed by atoms with van der Waals surface area (Å²) < 4.78 is 13.2. The van der Waals surface area contributed by atoms with Gasteiger partial charge in [0.1, 0.15) is 19.3 Å². The molecule has 0 saturated carbocycles. The summed E-state index contributed by atoms with van der Waals surface area (Å²) in [5.74, 6) is 1.63. The molecule has 174 valence electrons. The van der Waals surface area contributed by atoms with Crippen LogP contribution in [0, 0.1) is 11.3 Å². The zero-order valence-electron chi connectivity index (χ0n) is 19.1. The number of imidazole rings is 1. The lowest BCUT2D eigenvalue weighted by atomic mass is 9.93. The van der Waals surface area contributed by atoms with Gasteiger partial charge >= 0.3 is 0 Å². The molecule has 0 bridgehead atoms. The summed E-state index contributed by atoms with van der Waals surface area (Å²) in [7, 11) is 1.87. The number of nitriles is 1. The number of carbonyl (C=O) groups is 1. The van der Waals surface area contributed by atoms with Crippen molar-refractivity contribution in [2.24, 2.45) is 7.05 Å². The lowest BCUT2D eigenvalue weighted by molar-refractivity contribution is 0.0979. The fourth-order valence-corrected chi connectivity index (χ4v) is 4.75. The maximum absolute atomic E-state index is 13.3. The molecular formula is C26H26N4O4. The van der Waals surface area contributed by atoms with Crippen LogP contribution in [-0.4, -0.2) is 58.3 Å². The summed E-state index contributed by atoms with van der Waals surface area (Å²) in [6.07, 6.45) is 0.876. The molecule has 2 aromatic carbocycles. The Balaban J connectivity index is 1.43. The molecule has 0 radical (unpaired) electrons. The van der Waals surface area contributed by atoms with Crippen LogP contribution in [0.25, 0.3) is 11.1 Å². The molecule has 5 rings (SSSR count). The molecule has 0 spiro atoms.